The molecular weight excluding hydrogens is 477 g/mol. The van der Waals surface area contributed by atoms with E-state index in [1.165, 1.54) is 6.20 Å². The van der Waals surface area contributed by atoms with Gasteiger partial charge < -0.3 is 4.31 Å². The van der Waals surface area contributed by atoms with E-state index in [-0.39, 0.29) is 10.8 Å². The Morgan fingerprint density at radius 1 is 1.18 bits per heavy atom. The van der Waals surface area contributed by atoms with Crippen molar-refractivity contribution in [1.82, 2.24) is 14.8 Å². The second-order valence-corrected chi connectivity index (χ2v) is 8.70. The predicted molar refractivity (Wildman–Crippen MR) is 109 cm³/mol. The Balaban J connectivity index is 1.69. The van der Waals surface area contributed by atoms with Crippen LogP contribution in [0, 0.1) is 0 Å². The molecule has 0 saturated heterocycles. The van der Waals surface area contributed by atoms with E-state index in [1.54, 1.807) is 24.2 Å². The summed E-state index contributed by atoms with van der Waals surface area (Å²) < 4.78 is 42.5. The number of hydrogen-bond acceptors (Lipinski definition) is 4. The Morgan fingerprint density at radius 3 is 2.61 bits per heavy atom. The molecule has 1 aromatic carbocycles. The molecule has 28 heavy (non-hydrogen) atoms. The van der Waals surface area contributed by atoms with Crippen LogP contribution in [0.1, 0.15) is 5.69 Å². The molecule has 3 aromatic rings. The Bertz CT molecular complexity index is 1070. The molecule has 0 atom stereocenters. The Hall–Kier alpha value is -1.97. The zero-order chi connectivity index (χ0) is 19.9. The number of aromatic nitrogens is 3. The maximum absolute atomic E-state index is 12.8. The van der Waals surface area contributed by atoms with E-state index in [0.29, 0.717) is 0 Å². The predicted octanol–water partition coefficient (Wildman–Crippen LogP) is 6.31. The van der Waals surface area contributed by atoms with Gasteiger partial charge in [-0.1, -0.05) is 29.8 Å². The maximum Gasteiger partial charge on any atom is 0.435 e. The second-order valence-electron chi connectivity index (χ2n) is 5.85. The summed E-state index contributed by atoms with van der Waals surface area (Å²) in [5.41, 5.74) is 1.67. The molecule has 4 nitrogen and oxygen atoms in total. The third kappa shape index (κ3) is 3.78. The first-order valence-corrected chi connectivity index (χ1v) is 9.97. The van der Waals surface area contributed by atoms with Crippen LogP contribution in [0.15, 0.2) is 58.7 Å². The van der Waals surface area contributed by atoms with Gasteiger partial charge >= 0.3 is 6.18 Å². The van der Waals surface area contributed by atoms with Gasteiger partial charge in [0.05, 0.1) is 14.5 Å². The number of pyridine rings is 1. The molecule has 0 aliphatic carbocycles. The largest absolute Gasteiger partial charge is 0.435 e. The second kappa shape index (κ2) is 7.46. The van der Waals surface area contributed by atoms with E-state index in [9.17, 15) is 13.2 Å². The zero-order valence-corrected chi connectivity index (χ0v) is 17.1. The summed E-state index contributed by atoms with van der Waals surface area (Å²) in [4.78, 5) is 4.26. The topological polar surface area (TPSA) is 34.0 Å². The van der Waals surface area contributed by atoms with E-state index < -0.39 is 11.9 Å². The molecule has 0 fully saturated rings. The van der Waals surface area contributed by atoms with Crippen LogP contribution in [-0.4, -0.2) is 21.3 Å². The van der Waals surface area contributed by atoms with E-state index in [2.05, 4.69) is 36.4 Å². The summed E-state index contributed by atoms with van der Waals surface area (Å²) in [6.07, 6.45) is 0.310. The van der Waals surface area contributed by atoms with Crippen molar-refractivity contribution in [3.63, 3.8) is 0 Å². The number of alkyl halides is 3. The summed E-state index contributed by atoms with van der Waals surface area (Å²) in [5, 5.41) is 3.73. The van der Waals surface area contributed by atoms with E-state index >= 15 is 0 Å². The fourth-order valence-corrected chi connectivity index (χ4v) is 4.45. The Morgan fingerprint density at radius 2 is 1.96 bits per heavy atom. The minimum Gasteiger partial charge on any atom is -0.307 e. The third-order valence-electron chi connectivity index (χ3n) is 4.02. The number of halogens is 5. The van der Waals surface area contributed by atoms with Gasteiger partial charge in [0.25, 0.3) is 0 Å². The highest BCUT2D eigenvalue weighted by atomic mass is 79.9. The first-order chi connectivity index (χ1) is 13.3. The van der Waals surface area contributed by atoms with Crippen molar-refractivity contribution in [1.29, 1.82) is 0 Å². The number of benzene rings is 1. The highest BCUT2D eigenvalue weighted by Crippen LogP contribution is 2.41. The molecule has 0 bridgehead atoms. The van der Waals surface area contributed by atoms with E-state index in [4.69, 9.17) is 11.6 Å². The highest BCUT2D eigenvalue weighted by Gasteiger charge is 2.34. The quantitative estimate of drug-likeness (QED) is 0.405. The van der Waals surface area contributed by atoms with Gasteiger partial charge in [0.1, 0.15) is 0 Å². The highest BCUT2D eigenvalue weighted by molar-refractivity contribution is 9.14. The smallest absolute Gasteiger partial charge is 0.307 e. The van der Waals surface area contributed by atoms with Crippen molar-refractivity contribution in [2.24, 2.45) is 0 Å². The molecule has 0 radical (unpaired) electrons. The lowest BCUT2D eigenvalue weighted by molar-refractivity contribution is -0.141. The Kier molecular flexibility index (Phi) is 5.15. The fraction of sp³-hybridized carbons (Fsp3) is 0.111. The first-order valence-electron chi connectivity index (χ1n) is 8.02. The molecule has 1 aliphatic rings. The Labute approximate surface area is 176 Å². The number of para-hydroxylation sites is 1. The zero-order valence-electron chi connectivity index (χ0n) is 14.0. The van der Waals surface area contributed by atoms with Gasteiger partial charge in [-0.25, -0.2) is 9.67 Å². The average Bonchev–Trinajstić information content (AvgIpc) is 3.31. The molecule has 144 valence electrons. The molecule has 4 rings (SSSR count). The lowest BCUT2D eigenvalue weighted by Gasteiger charge is -2.20. The van der Waals surface area contributed by atoms with Gasteiger partial charge in [-0.3, -0.25) is 0 Å². The van der Waals surface area contributed by atoms with Crippen LogP contribution in [0.5, 0.6) is 0 Å². The van der Waals surface area contributed by atoms with Crippen LogP contribution >= 0.6 is 39.5 Å². The SMILES string of the molecule is FC(F)(F)c1ccn(-c2ncc(-c3ccccc3N3CC=C(Br)S3)cc2Cl)n1. The minimum atomic E-state index is -4.52. The van der Waals surface area contributed by atoms with Crippen LogP contribution in [0.4, 0.5) is 18.9 Å². The molecule has 3 heterocycles. The van der Waals surface area contributed by atoms with Gasteiger partial charge in [-0.2, -0.15) is 18.3 Å². The van der Waals surface area contributed by atoms with Crippen LogP contribution in [0.2, 0.25) is 5.02 Å². The minimum absolute atomic E-state index is 0.137. The molecular formula is C18H11BrClF3N4S. The number of hydrogen-bond donors (Lipinski definition) is 0. The van der Waals surface area contributed by atoms with Crippen molar-refractivity contribution in [3.05, 3.63) is 69.4 Å². The van der Waals surface area contributed by atoms with Gasteiger partial charge in [0.2, 0.25) is 0 Å². The van der Waals surface area contributed by atoms with Gasteiger partial charge in [-0.15, -0.1) is 0 Å². The van der Waals surface area contributed by atoms with Crippen molar-refractivity contribution < 1.29 is 13.2 Å². The van der Waals surface area contributed by atoms with Crippen LogP contribution < -0.4 is 4.31 Å². The molecule has 0 amide bonds. The lowest BCUT2D eigenvalue weighted by atomic mass is 10.1. The van der Waals surface area contributed by atoms with Crippen LogP contribution in [0.3, 0.4) is 0 Å². The fourth-order valence-electron chi connectivity index (χ4n) is 2.76. The van der Waals surface area contributed by atoms with Crippen molar-refractivity contribution >= 4 is 45.2 Å². The van der Waals surface area contributed by atoms with Gasteiger partial charge in [0, 0.05) is 30.1 Å². The van der Waals surface area contributed by atoms with Crippen LogP contribution in [-0.2, 0) is 6.18 Å². The summed E-state index contributed by atoms with van der Waals surface area (Å²) in [7, 11) is 0. The number of nitrogens with zero attached hydrogens (tertiary/aromatic N) is 4. The summed E-state index contributed by atoms with van der Waals surface area (Å²) in [6, 6.07) is 10.4. The average molecular weight is 488 g/mol. The normalized spacial score (nSPS) is 14.5. The summed E-state index contributed by atoms with van der Waals surface area (Å²) in [6.45, 7) is 0.745. The van der Waals surface area contributed by atoms with Crippen molar-refractivity contribution in [2.75, 3.05) is 10.8 Å². The molecule has 0 unspecified atom stereocenters. The third-order valence-corrected chi connectivity index (χ3v) is 5.96. The maximum atomic E-state index is 12.8. The molecule has 0 spiro atoms. The molecule has 0 saturated carbocycles. The monoisotopic (exact) mass is 486 g/mol. The number of anilines is 1. The lowest BCUT2D eigenvalue weighted by Crippen LogP contribution is -2.10. The molecule has 1 aliphatic heterocycles. The summed E-state index contributed by atoms with van der Waals surface area (Å²) >= 11 is 11.4. The standard InChI is InChI=1S/C18H11BrClF3N4S/c19-16-6-8-27(28-16)14-4-2-1-3-12(14)11-9-13(20)17(24-10-11)26-7-5-15(25-26)18(21,22)23/h1-7,9-10H,8H2. The summed E-state index contributed by atoms with van der Waals surface area (Å²) in [5.74, 6) is 0.137. The van der Waals surface area contributed by atoms with Crippen LogP contribution in [0.25, 0.3) is 16.9 Å². The van der Waals surface area contributed by atoms with Crippen molar-refractivity contribution in [3.8, 4) is 16.9 Å². The van der Waals surface area contributed by atoms with E-state index in [1.807, 2.05) is 24.3 Å². The van der Waals surface area contributed by atoms with Gasteiger partial charge in [-0.05, 0) is 52.2 Å². The van der Waals surface area contributed by atoms with E-state index in [0.717, 1.165) is 37.9 Å². The number of rotatable bonds is 3. The van der Waals surface area contributed by atoms with Crippen molar-refractivity contribution in [2.45, 2.75) is 6.18 Å². The van der Waals surface area contributed by atoms with Gasteiger partial charge in [0.15, 0.2) is 11.5 Å². The molecule has 2 aromatic heterocycles. The first kappa shape index (κ1) is 19.4. The molecule has 10 heteroatoms. The molecule has 0 N–H and O–H groups in total.